The molecule has 0 spiro atoms. The molecule has 1 atom stereocenters. The van der Waals surface area contributed by atoms with Gasteiger partial charge < -0.3 is 9.47 Å². The first-order valence-electron chi connectivity index (χ1n) is 5.38. The fraction of sp³-hybridized carbons (Fsp3) is 0.333. The van der Waals surface area contributed by atoms with Crippen LogP contribution in [0.5, 0.6) is 5.75 Å². The zero-order valence-corrected chi connectivity index (χ0v) is 11.1. The van der Waals surface area contributed by atoms with Crippen molar-refractivity contribution in [3.05, 3.63) is 29.8 Å². The van der Waals surface area contributed by atoms with Crippen molar-refractivity contribution in [2.24, 2.45) is 4.40 Å². The van der Waals surface area contributed by atoms with Crippen molar-refractivity contribution in [2.75, 3.05) is 19.5 Å². The second-order valence-electron chi connectivity index (χ2n) is 3.28. The molecule has 18 heavy (non-hydrogen) atoms. The Bertz CT molecular complexity index is 442. The summed E-state index contributed by atoms with van der Waals surface area (Å²) in [5.74, 6) is 0.00282. The summed E-state index contributed by atoms with van der Waals surface area (Å²) in [5.41, 5.74) is 0.785. The minimum atomic E-state index is -1.60. The molecule has 1 aromatic carbocycles. The molecule has 0 fully saturated rings. The smallest absolute Gasteiger partial charge is 0.320 e. The molecule has 0 unspecified atom stereocenters. The Morgan fingerprint density at radius 2 is 2.06 bits per heavy atom. The van der Waals surface area contributed by atoms with Crippen LogP contribution in [0.2, 0.25) is 0 Å². The summed E-state index contributed by atoms with van der Waals surface area (Å²) in [6, 6.07) is 7.11. The van der Waals surface area contributed by atoms with Crippen LogP contribution in [0.3, 0.4) is 0 Å². The molecule has 0 aliphatic rings. The summed E-state index contributed by atoms with van der Waals surface area (Å²) in [6.07, 6.45) is 1.45. The number of carbonyl (C=O) groups is 1. The van der Waals surface area contributed by atoms with Gasteiger partial charge in [0.2, 0.25) is 0 Å². The zero-order chi connectivity index (χ0) is 13.4. The first-order valence-corrected chi connectivity index (χ1v) is 6.65. The molecule has 0 aliphatic carbocycles. The topological polar surface area (TPSA) is 65.0 Å². The van der Waals surface area contributed by atoms with Crippen molar-refractivity contribution < 1.29 is 18.5 Å². The Labute approximate surface area is 108 Å². The minimum Gasteiger partial charge on any atom is -0.497 e. The predicted octanol–water partition coefficient (Wildman–Crippen LogP) is 1.34. The maximum absolute atomic E-state index is 11.4. The van der Waals surface area contributed by atoms with Crippen molar-refractivity contribution in [1.29, 1.82) is 0 Å². The van der Waals surface area contributed by atoms with Gasteiger partial charge in [0.1, 0.15) is 11.5 Å². The van der Waals surface area contributed by atoms with Gasteiger partial charge in [0.15, 0.2) is 11.0 Å². The van der Waals surface area contributed by atoms with E-state index in [0.29, 0.717) is 0 Å². The average molecular weight is 269 g/mol. The van der Waals surface area contributed by atoms with Crippen LogP contribution in [0.4, 0.5) is 0 Å². The van der Waals surface area contributed by atoms with Crippen LogP contribution in [0, 0.1) is 0 Å². The predicted molar refractivity (Wildman–Crippen MR) is 70.2 cm³/mol. The van der Waals surface area contributed by atoms with Gasteiger partial charge in [-0.2, -0.15) is 4.40 Å². The third kappa shape index (κ3) is 5.09. The van der Waals surface area contributed by atoms with E-state index in [4.69, 9.17) is 4.74 Å². The number of ether oxygens (including phenoxy) is 2. The number of methoxy groups -OCH3 is 1. The molecular weight excluding hydrogens is 254 g/mol. The number of hydrogen-bond donors (Lipinski definition) is 0. The Morgan fingerprint density at radius 1 is 1.39 bits per heavy atom. The summed E-state index contributed by atoms with van der Waals surface area (Å²) < 4.78 is 24.9. The lowest BCUT2D eigenvalue weighted by Gasteiger charge is -1.99. The quantitative estimate of drug-likeness (QED) is 0.577. The number of hydrogen-bond acceptors (Lipinski definition) is 4. The van der Waals surface area contributed by atoms with Crippen LogP contribution in [-0.2, 0) is 20.5 Å². The second kappa shape index (κ2) is 7.60. The summed E-state index contributed by atoms with van der Waals surface area (Å²) in [4.78, 5) is 11.0. The molecule has 0 saturated carbocycles. The Morgan fingerprint density at radius 3 is 2.61 bits per heavy atom. The van der Waals surface area contributed by atoms with E-state index in [1.54, 1.807) is 38.3 Å². The average Bonchev–Trinajstić information content (AvgIpc) is 2.37. The highest BCUT2D eigenvalue weighted by Crippen LogP contribution is 2.09. The fourth-order valence-corrected chi connectivity index (χ4v) is 1.75. The van der Waals surface area contributed by atoms with Crippen molar-refractivity contribution in [2.45, 2.75) is 6.92 Å². The maximum Gasteiger partial charge on any atom is 0.320 e. The molecule has 1 rings (SSSR count). The van der Waals surface area contributed by atoms with E-state index >= 15 is 0 Å². The van der Waals surface area contributed by atoms with Gasteiger partial charge in [-0.3, -0.25) is 4.79 Å². The summed E-state index contributed by atoms with van der Waals surface area (Å²) in [5, 5.41) is 0. The van der Waals surface area contributed by atoms with E-state index in [2.05, 4.69) is 9.13 Å². The molecule has 0 N–H and O–H groups in total. The highest BCUT2D eigenvalue weighted by Gasteiger charge is 2.06. The summed E-state index contributed by atoms with van der Waals surface area (Å²) in [6.45, 7) is 1.97. The lowest BCUT2D eigenvalue weighted by molar-refractivity contribution is -0.139. The Kier molecular flexibility index (Phi) is 6.07. The standard InChI is InChI=1S/C12H15NO4S/c1-3-17-12(14)9-18(15)13-8-10-4-6-11(16-2)7-5-10/h4-8H,3,9H2,1-2H3/b13-8+/t18-/m0/s1. The Hall–Kier alpha value is -1.69. The van der Waals surface area contributed by atoms with Crippen LogP contribution in [0.15, 0.2) is 28.7 Å². The normalized spacial score (nSPS) is 12.3. The molecule has 1 aromatic rings. The molecular formula is C12H15NO4S. The van der Waals surface area contributed by atoms with Crippen LogP contribution >= 0.6 is 0 Å². The van der Waals surface area contributed by atoms with E-state index in [1.807, 2.05) is 0 Å². The number of rotatable bonds is 6. The van der Waals surface area contributed by atoms with Gasteiger partial charge in [-0.05, 0) is 36.8 Å². The molecule has 6 heteroatoms. The van der Waals surface area contributed by atoms with Gasteiger partial charge in [-0.1, -0.05) is 0 Å². The van der Waals surface area contributed by atoms with Crippen molar-refractivity contribution in [3.63, 3.8) is 0 Å². The molecule has 0 bridgehead atoms. The van der Waals surface area contributed by atoms with E-state index in [1.165, 1.54) is 6.21 Å². The summed E-state index contributed by atoms with van der Waals surface area (Å²) in [7, 11) is -0.0147. The minimum absolute atomic E-state index is 0.222. The first kappa shape index (κ1) is 14.4. The lowest BCUT2D eigenvalue weighted by Crippen LogP contribution is -2.12. The van der Waals surface area contributed by atoms with Crippen molar-refractivity contribution in [3.8, 4) is 5.75 Å². The van der Waals surface area contributed by atoms with Gasteiger partial charge in [0, 0.05) is 6.21 Å². The molecule has 98 valence electrons. The molecule has 0 radical (unpaired) electrons. The van der Waals surface area contributed by atoms with Gasteiger partial charge >= 0.3 is 5.97 Å². The third-order valence-electron chi connectivity index (χ3n) is 1.98. The zero-order valence-electron chi connectivity index (χ0n) is 10.3. The van der Waals surface area contributed by atoms with Gasteiger partial charge in [0.25, 0.3) is 0 Å². The molecule has 0 saturated heterocycles. The van der Waals surface area contributed by atoms with Crippen LogP contribution in [0.1, 0.15) is 12.5 Å². The highest BCUT2D eigenvalue weighted by atomic mass is 32.2. The van der Waals surface area contributed by atoms with Crippen LogP contribution in [0.25, 0.3) is 0 Å². The van der Waals surface area contributed by atoms with Gasteiger partial charge in [-0.15, -0.1) is 0 Å². The van der Waals surface area contributed by atoms with Crippen molar-refractivity contribution >= 4 is 23.2 Å². The number of benzene rings is 1. The van der Waals surface area contributed by atoms with Crippen LogP contribution in [-0.4, -0.2) is 35.9 Å². The molecule has 0 heterocycles. The SMILES string of the molecule is CCOC(=O)C[S@](=O)/N=C/c1ccc(OC)cc1. The van der Waals surface area contributed by atoms with E-state index < -0.39 is 17.0 Å². The van der Waals surface area contributed by atoms with Crippen LogP contribution < -0.4 is 4.74 Å². The lowest BCUT2D eigenvalue weighted by atomic mass is 10.2. The third-order valence-corrected chi connectivity index (χ3v) is 2.80. The van der Waals surface area contributed by atoms with Gasteiger partial charge in [-0.25, -0.2) is 4.21 Å². The molecule has 5 nitrogen and oxygen atoms in total. The highest BCUT2D eigenvalue weighted by molar-refractivity contribution is 7.84. The van der Waals surface area contributed by atoms with Gasteiger partial charge in [0.05, 0.1) is 13.7 Å². The Balaban J connectivity index is 2.52. The van der Waals surface area contributed by atoms with Crippen molar-refractivity contribution in [1.82, 2.24) is 0 Å². The van der Waals surface area contributed by atoms with E-state index in [9.17, 15) is 9.00 Å². The number of esters is 1. The number of nitrogens with zero attached hydrogens (tertiary/aromatic N) is 1. The largest absolute Gasteiger partial charge is 0.497 e. The van der Waals surface area contributed by atoms with E-state index in [-0.39, 0.29) is 12.4 Å². The molecule has 0 aliphatic heterocycles. The fourth-order valence-electron chi connectivity index (χ4n) is 1.15. The molecule has 0 aromatic heterocycles. The summed E-state index contributed by atoms with van der Waals surface area (Å²) >= 11 is 0. The van der Waals surface area contributed by atoms with E-state index in [0.717, 1.165) is 11.3 Å². The number of carbonyl (C=O) groups excluding carboxylic acids is 1. The monoisotopic (exact) mass is 269 g/mol. The second-order valence-corrected chi connectivity index (χ2v) is 4.42. The molecule has 0 amide bonds. The maximum atomic E-state index is 11.4. The first-order chi connectivity index (χ1) is 8.65.